The third kappa shape index (κ3) is 4.27. The third-order valence-electron chi connectivity index (χ3n) is 4.68. The van der Waals surface area contributed by atoms with Crippen molar-refractivity contribution in [3.63, 3.8) is 0 Å². The minimum Gasteiger partial charge on any atom is -0.339 e. The molecule has 1 aliphatic carbocycles. The molecule has 6 nitrogen and oxygen atoms in total. The maximum absolute atomic E-state index is 12.9. The summed E-state index contributed by atoms with van der Waals surface area (Å²) >= 11 is 0. The second kappa shape index (κ2) is 7.66. The van der Waals surface area contributed by atoms with Gasteiger partial charge in [0.1, 0.15) is 0 Å². The predicted molar refractivity (Wildman–Crippen MR) is 95.7 cm³/mol. The predicted octanol–water partition coefficient (Wildman–Crippen LogP) is 3.61. The van der Waals surface area contributed by atoms with Gasteiger partial charge in [-0.3, -0.25) is 0 Å². The highest BCUT2D eigenvalue weighted by Crippen LogP contribution is 2.25. The lowest BCUT2D eigenvalue weighted by molar-refractivity contribution is 0.383. The molecular formula is C18H25N3O3S. The van der Waals surface area contributed by atoms with Crippen LogP contribution in [0.5, 0.6) is 0 Å². The molecule has 1 aliphatic rings. The Bertz CT molecular complexity index is 822. The van der Waals surface area contributed by atoms with E-state index in [-0.39, 0.29) is 10.9 Å². The average molecular weight is 363 g/mol. The van der Waals surface area contributed by atoms with E-state index in [4.69, 9.17) is 4.52 Å². The van der Waals surface area contributed by atoms with Crippen LogP contribution in [0.4, 0.5) is 0 Å². The number of hydrogen-bond acceptors (Lipinski definition) is 5. The molecule has 1 fully saturated rings. The van der Waals surface area contributed by atoms with E-state index in [0.717, 1.165) is 25.7 Å². The highest BCUT2D eigenvalue weighted by molar-refractivity contribution is 7.89. The summed E-state index contributed by atoms with van der Waals surface area (Å²) in [7, 11) is -3.57. The monoisotopic (exact) mass is 363 g/mol. The average Bonchev–Trinajstić information content (AvgIpc) is 2.93. The van der Waals surface area contributed by atoms with Crippen molar-refractivity contribution in [2.24, 2.45) is 0 Å². The molecular weight excluding hydrogens is 338 g/mol. The molecule has 1 heterocycles. The van der Waals surface area contributed by atoms with E-state index in [2.05, 4.69) is 14.9 Å². The van der Waals surface area contributed by atoms with Crippen LogP contribution < -0.4 is 4.72 Å². The van der Waals surface area contributed by atoms with E-state index in [0.29, 0.717) is 29.3 Å². The molecule has 1 aromatic heterocycles. The van der Waals surface area contributed by atoms with Crippen molar-refractivity contribution in [1.82, 2.24) is 14.9 Å². The van der Waals surface area contributed by atoms with Gasteiger partial charge < -0.3 is 4.52 Å². The Morgan fingerprint density at radius 1 is 1.20 bits per heavy atom. The van der Waals surface area contributed by atoms with Gasteiger partial charge in [0.25, 0.3) is 0 Å². The highest BCUT2D eigenvalue weighted by atomic mass is 32.2. The Labute approximate surface area is 149 Å². The summed E-state index contributed by atoms with van der Waals surface area (Å²) in [5, 5.41) is 3.94. The van der Waals surface area contributed by atoms with Crippen molar-refractivity contribution in [3.8, 4) is 11.4 Å². The van der Waals surface area contributed by atoms with Crippen LogP contribution >= 0.6 is 0 Å². The smallest absolute Gasteiger partial charge is 0.241 e. The van der Waals surface area contributed by atoms with Crippen molar-refractivity contribution >= 4 is 10.0 Å². The van der Waals surface area contributed by atoms with Crippen LogP contribution in [0.3, 0.4) is 0 Å². The molecule has 3 rings (SSSR count). The molecule has 0 bridgehead atoms. The molecule has 0 radical (unpaired) electrons. The van der Waals surface area contributed by atoms with E-state index in [9.17, 15) is 8.42 Å². The zero-order valence-electron chi connectivity index (χ0n) is 14.8. The van der Waals surface area contributed by atoms with E-state index in [1.807, 2.05) is 13.0 Å². The number of aryl methyl sites for hydroxylation is 2. The molecule has 0 saturated heterocycles. The maximum Gasteiger partial charge on any atom is 0.241 e. The van der Waals surface area contributed by atoms with E-state index in [1.165, 1.54) is 12.8 Å². The van der Waals surface area contributed by atoms with Gasteiger partial charge in [0.15, 0.2) is 0 Å². The molecule has 0 amide bonds. The van der Waals surface area contributed by atoms with Crippen LogP contribution in [-0.2, 0) is 16.4 Å². The van der Waals surface area contributed by atoms with E-state index < -0.39 is 10.0 Å². The normalized spacial score (nSPS) is 16.7. The fraction of sp³-hybridized carbons (Fsp3) is 0.556. The van der Waals surface area contributed by atoms with Crippen LogP contribution in [0, 0.1) is 6.92 Å². The minimum atomic E-state index is -3.57. The van der Waals surface area contributed by atoms with Crippen molar-refractivity contribution in [3.05, 3.63) is 29.7 Å². The van der Waals surface area contributed by atoms with Crippen LogP contribution in [0.25, 0.3) is 11.4 Å². The topological polar surface area (TPSA) is 85.1 Å². The van der Waals surface area contributed by atoms with Crippen LogP contribution in [0.1, 0.15) is 56.9 Å². The molecule has 1 saturated carbocycles. The Morgan fingerprint density at radius 2 is 1.92 bits per heavy atom. The molecule has 136 valence electrons. The molecule has 0 aliphatic heterocycles. The number of benzene rings is 1. The molecule has 1 aromatic carbocycles. The van der Waals surface area contributed by atoms with E-state index in [1.54, 1.807) is 19.1 Å². The first-order valence-electron chi connectivity index (χ1n) is 8.95. The van der Waals surface area contributed by atoms with Gasteiger partial charge in [-0.25, -0.2) is 13.1 Å². The van der Waals surface area contributed by atoms with Crippen molar-refractivity contribution in [2.75, 3.05) is 0 Å². The first-order chi connectivity index (χ1) is 12.0. The summed E-state index contributed by atoms with van der Waals surface area (Å²) in [6.07, 6.45) is 6.98. The number of aromatic nitrogens is 2. The largest absolute Gasteiger partial charge is 0.339 e. The second-order valence-corrected chi connectivity index (χ2v) is 8.34. The standard InChI is InChI=1S/C18H25N3O3S/c1-3-17-19-18(20-24-17)14-11-10-13(2)16(12-14)25(22,23)21-15-8-6-4-5-7-9-15/h10-12,15,21H,3-9H2,1-2H3. The van der Waals surface area contributed by atoms with E-state index >= 15 is 0 Å². The first-order valence-corrected chi connectivity index (χ1v) is 10.4. The number of hydrogen-bond donors (Lipinski definition) is 1. The van der Waals surface area contributed by atoms with Gasteiger partial charge in [0, 0.05) is 18.0 Å². The van der Waals surface area contributed by atoms with Crippen molar-refractivity contribution in [2.45, 2.75) is 69.7 Å². The molecule has 0 unspecified atom stereocenters. The molecule has 0 spiro atoms. The molecule has 25 heavy (non-hydrogen) atoms. The number of nitrogens with one attached hydrogen (secondary N) is 1. The zero-order valence-corrected chi connectivity index (χ0v) is 15.6. The van der Waals surface area contributed by atoms with Gasteiger partial charge >= 0.3 is 0 Å². The first kappa shape index (κ1) is 18.1. The Kier molecular flexibility index (Phi) is 5.54. The third-order valence-corrected chi connectivity index (χ3v) is 6.35. The number of sulfonamides is 1. The van der Waals surface area contributed by atoms with Gasteiger partial charge in [-0.2, -0.15) is 4.98 Å². The molecule has 0 atom stereocenters. The summed E-state index contributed by atoms with van der Waals surface area (Å²) in [5.74, 6) is 0.958. The number of nitrogens with zero attached hydrogens (tertiary/aromatic N) is 2. The highest BCUT2D eigenvalue weighted by Gasteiger charge is 2.23. The van der Waals surface area contributed by atoms with Crippen molar-refractivity contribution in [1.29, 1.82) is 0 Å². The summed E-state index contributed by atoms with van der Waals surface area (Å²) in [4.78, 5) is 4.58. The SMILES string of the molecule is CCc1nc(-c2ccc(C)c(S(=O)(=O)NC3CCCCCC3)c2)no1. The van der Waals surface area contributed by atoms with Crippen molar-refractivity contribution < 1.29 is 12.9 Å². The van der Waals surface area contributed by atoms with Crippen LogP contribution in [0.2, 0.25) is 0 Å². The van der Waals surface area contributed by atoms with Crippen LogP contribution in [-0.4, -0.2) is 24.6 Å². The zero-order chi connectivity index (χ0) is 17.9. The van der Waals surface area contributed by atoms with Gasteiger partial charge in [-0.1, -0.05) is 49.9 Å². The number of rotatable bonds is 5. The summed E-state index contributed by atoms with van der Waals surface area (Å²) in [5.41, 5.74) is 1.36. The molecule has 1 N–H and O–H groups in total. The lowest BCUT2D eigenvalue weighted by Gasteiger charge is -2.17. The Balaban J connectivity index is 1.88. The fourth-order valence-electron chi connectivity index (χ4n) is 3.22. The summed E-state index contributed by atoms with van der Waals surface area (Å²) < 4.78 is 33.8. The van der Waals surface area contributed by atoms with Gasteiger partial charge in [-0.15, -0.1) is 0 Å². The fourth-order valence-corrected chi connectivity index (χ4v) is 4.80. The lowest BCUT2D eigenvalue weighted by Crippen LogP contribution is -2.34. The maximum atomic E-state index is 12.9. The summed E-state index contributed by atoms with van der Waals surface area (Å²) in [6.45, 7) is 3.73. The minimum absolute atomic E-state index is 0.0208. The molecule has 2 aromatic rings. The van der Waals surface area contributed by atoms with Crippen LogP contribution in [0.15, 0.2) is 27.6 Å². The summed E-state index contributed by atoms with van der Waals surface area (Å²) in [6, 6.07) is 5.27. The quantitative estimate of drug-likeness (QED) is 0.820. The van der Waals surface area contributed by atoms with Gasteiger partial charge in [0.05, 0.1) is 4.90 Å². The lowest BCUT2D eigenvalue weighted by atomic mass is 10.1. The Morgan fingerprint density at radius 3 is 2.56 bits per heavy atom. The van der Waals surface area contributed by atoms with Gasteiger partial charge in [-0.05, 0) is 31.4 Å². The Hall–Kier alpha value is -1.73. The van der Waals surface area contributed by atoms with Gasteiger partial charge in [0.2, 0.25) is 21.7 Å². The second-order valence-electron chi connectivity index (χ2n) is 6.66. The molecule has 7 heteroatoms.